The zero-order chi connectivity index (χ0) is 19.4. The summed E-state index contributed by atoms with van der Waals surface area (Å²) < 4.78 is 17.0. The van der Waals surface area contributed by atoms with Crippen LogP contribution in [0.4, 0.5) is 5.69 Å². The Morgan fingerprint density at radius 3 is 2.82 bits per heavy atom. The molecule has 0 bridgehead atoms. The molecule has 1 heterocycles. The molecule has 1 amide bonds. The van der Waals surface area contributed by atoms with Gasteiger partial charge in [-0.3, -0.25) is 4.79 Å². The van der Waals surface area contributed by atoms with Crippen LogP contribution in [-0.2, 0) is 20.7 Å². The fourth-order valence-electron chi connectivity index (χ4n) is 3.12. The fourth-order valence-corrected chi connectivity index (χ4v) is 3.12. The lowest BCUT2D eigenvalue weighted by Crippen LogP contribution is -2.16. The lowest BCUT2D eigenvalue weighted by Gasteiger charge is -2.12. The third kappa shape index (κ3) is 7.33. The summed E-state index contributed by atoms with van der Waals surface area (Å²) in [6.45, 7) is 2.64. The lowest BCUT2D eigenvalue weighted by atomic mass is 10.2. The Bertz CT molecular complexity index is 714. The van der Waals surface area contributed by atoms with Crippen LogP contribution in [0.1, 0.15) is 31.2 Å². The van der Waals surface area contributed by atoms with E-state index in [0.717, 1.165) is 37.3 Å². The summed E-state index contributed by atoms with van der Waals surface area (Å²) in [5.74, 6) is 0.737. The largest absolute Gasteiger partial charge is 0.491 e. The van der Waals surface area contributed by atoms with Crippen LogP contribution >= 0.6 is 0 Å². The Labute approximate surface area is 167 Å². The molecule has 1 aliphatic heterocycles. The minimum atomic E-state index is -0.0112. The van der Waals surface area contributed by atoms with E-state index in [4.69, 9.17) is 14.2 Å². The topological polar surface area (TPSA) is 56.8 Å². The Morgan fingerprint density at radius 2 is 2.00 bits per heavy atom. The van der Waals surface area contributed by atoms with E-state index in [1.165, 1.54) is 5.56 Å². The highest BCUT2D eigenvalue weighted by Crippen LogP contribution is 2.20. The van der Waals surface area contributed by atoms with E-state index in [1.807, 2.05) is 42.5 Å². The lowest BCUT2D eigenvalue weighted by molar-refractivity contribution is -0.116. The van der Waals surface area contributed by atoms with Crippen molar-refractivity contribution in [1.82, 2.24) is 0 Å². The molecule has 0 aromatic heterocycles. The quantitative estimate of drug-likeness (QED) is 0.590. The van der Waals surface area contributed by atoms with Crippen LogP contribution in [0, 0.1) is 0 Å². The predicted molar refractivity (Wildman–Crippen MR) is 110 cm³/mol. The molecule has 2 aromatic rings. The van der Waals surface area contributed by atoms with Crippen LogP contribution in [0.5, 0.6) is 5.75 Å². The minimum absolute atomic E-state index is 0.0112. The maximum Gasteiger partial charge on any atom is 0.224 e. The van der Waals surface area contributed by atoms with Crippen molar-refractivity contribution in [2.45, 2.75) is 38.2 Å². The second-order valence-corrected chi connectivity index (χ2v) is 6.97. The zero-order valence-corrected chi connectivity index (χ0v) is 16.3. The van der Waals surface area contributed by atoms with Gasteiger partial charge in [0.25, 0.3) is 0 Å². The van der Waals surface area contributed by atoms with Gasteiger partial charge in [-0.05, 0) is 43.4 Å². The number of ether oxygens (including phenoxy) is 3. The van der Waals surface area contributed by atoms with E-state index in [2.05, 4.69) is 17.4 Å². The standard InChI is InChI=1S/C23H29NO4/c25-23(12-6-14-26-16-13-19-7-2-1-3-8-19)24-20-9-4-10-21(17-20)28-18-22-11-5-15-27-22/h1-4,7-10,17,22H,5-6,11-16,18H2,(H,24,25). The Kier molecular flexibility index (Phi) is 8.34. The van der Waals surface area contributed by atoms with Gasteiger partial charge in [-0.2, -0.15) is 0 Å². The highest BCUT2D eigenvalue weighted by molar-refractivity contribution is 5.90. The van der Waals surface area contributed by atoms with Crippen molar-refractivity contribution in [3.05, 3.63) is 60.2 Å². The number of rotatable bonds is 11. The van der Waals surface area contributed by atoms with Crippen molar-refractivity contribution in [1.29, 1.82) is 0 Å². The van der Waals surface area contributed by atoms with Crippen LogP contribution in [0.3, 0.4) is 0 Å². The maximum atomic E-state index is 12.1. The molecule has 5 heteroatoms. The first kappa shape index (κ1) is 20.4. The molecule has 150 valence electrons. The van der Waals surface area contributed by atoms with E-state index in [0.29, 0.717) is 32.7 Å². The number of amides is 1. The SMILES string of the molecule is O=C(CCCOCCc1ccccc1)Nc1cccc(OCC2CCCO2)c1. The van der Waals surface area contributed by atoms with Gasteiger partial charge in [-0.1, -0.05) is 36.4 Å². The van der Waals surface area contributed by atoms with Crippen molar-refractivity contribution in [2.24, 2.45) is 0 Å². The third-order valence-electron chi connectivity index (χ3n) is 4.65. The van der Waals surface area contributed by atoms with Crippen molar-refractivity contribution >= 4 is 11.6 Å². The first-order valence-electron chi connectivity index (χ1n) is 10.1. The summed E-state index contributed by atoms with van der Waals surface area (Å²) in [6, 6.07) is 17.7. The zero-order valence-electron chi connectivity index (χ0n) is 16.3. The van der Waals surface area contributed by atoms with Gasteiger partial charge in [0.2, 0.25) is 5.91 Å². The van der Waals surface area contributed by atoms with Gasteiger partial charge in [0.15, 0.2) is 0 Å². The van der Waals surface area contributed by atoms with Crippen LogP contribution in [0.25, 0.3) is 0 Å². The van der Waals surface area contributed by atoms with Crippen LogP contribution in [0.15, 0.2) is 54.6 Å². The Balaban J connectivity index is 1.29. The summed E-state index contributed by atoms with van der Waals surface area (Å²) in [4.78, 5) is 12.1. The molecule has 0 saturated carbocycles. The van der Waals surface area contributed by atoms with Crippen LogP contribution in [-0.4, -0.2) is 38.4 Å². The van der Waals surface area contributed by atoms with Crippen molar-refractivity contribution < 1.29 is 19.0 Å². The molecule has 1 aliphatic rings. The highest BCUT2D eigenvalue weighted by atomic mass is 16.5. The van der Waals surface area contributed by atoms with Crippen molar-refractivity contribution in [3.8, 4) is 5.75 Å². The number of hydrogen-bond acceptors (Lipinski definition) is 4. The summed E-state index contributed by atoms with van der Waals surface area (Å²) >= 11 is 0. The number of benzene rings is 2. The van der Waals surface area contributed by atoms with Gasteiger partial charge in [0, 0.05) is 31.4 Å². The molecule has 28 heavy (non-hydrogen) atoms. The van der Waals surface area contributed by atoms with Crippen molar-refractivity contribution in [2.75, 3.05) is 31.7 Å². The number of carbonyl (C=O) groups excluding carboxylic acids is 1. The predicted octanol–water partition coefficient (Wildman–Crippen LogP) is 4.22. The van der Waals surface area contributed by atoms with Gasteiger partial charge in [-0.15, -0.1) is 0 Å². The maximum absolute atomic E-state index is 12.1. The molecular formula is C23H29NO4. The second-order valence-electron chi connectivity index (χ2n) is 6.97. The van der Waals surface area contributed by atoms with Gasteiger partial charge in [-0.25, -0.2) is 0 Å². The molecule has 0 radical (unpaired) electrons. The molecule has 1 atom stereocenters. The monoisotopic (exact) mass is 383 g/mol. The van der Waals surface area contributed by atoms with E-state index >= 15 is 0 Å². The molecule has 0 spiro atoms. The number of hydrogen-bond donors (Lipinski definition) is 1. The average molecular weight is 383 g/mol. The third-order valence-corrected chi connectivity index (χ3v) is 4.65. The molecular weight excluding hydrogens is 354 g/mol. The molecule has 5 nitrogen and oxygen atoms in total. The first-order valence-corrected chi connectivity index (χ1v) is 10.1. The molecule has 1 fully saturated rings. The minimum Gasteiger partial charge on any atom is -0.491 e. The molecule has 0 aliphatic carbocycles. The first-order chi connectivity index (χ1) is 13.8. The average Bonchev–Trinajstić information content (AvgIpc) is 3.24. The number of carbonyl (C=O) groups is 1. The summed E-state index contributed by atoms with van der Waals surface area (Å²) in [7, 11) is 0. The molecule has 1 N–H and O–H groups in total. The van der Waals surface area contributed by atoms with Gasteiger partial charge >= 0.3 is 0 Å². The van der Waals surface area contributed by atoms with E-state index in [1.54, 1.807) is 0 Å². The normalized spacial score (nSPS) is 16.1. The summed E-state index contributed by atoms with van der Waals surface area (Å²) in [5.41, 5.74) is 2.02. The van der Waals surface area contributed by atoms with Gasteiger partial charge in [0.05, 0.1) is 12.7 Å². The van der Waals surface area contributed by atoms with E-state index in [9.17, 15) is 4.79 Å². The highest BCUT2D eigenvalue weighted by Gasteiger charge is 2.16. The molecule has 3 rings (SSSR count). The van der Waals surface area contributed by atoms with Crippen LogP contribution in [0.2, 0.25) is 0 Å². The Morgan fingerprint density at radius 1 is 1.11 bits per heavy atom. The molecule has 1 unspecified atom stereocenters. The molecule has 1 saturated heterocycles. The number of anilines is 1. The van der Waals surface area contributed by atoms with E-state index < -0.39 is 0 Å². The fraction of sp³-hybridized carbons (Fsp3) is 0.435. The molecule has 2 aromatic carbocycles. The number of nitrogens with one attached hydrogen (secondary N) is 1. The van der Waals surface area contributed by atoms with Crippen LogP contribution < -0.4 is 10.1 Å². The smallest absolute Gasteiger partial charge is 0.224 e. The summed E-state index contributed by atoms with van der Waals surface area (Å²) in [6.07, 6.45) is 4.36. The van der Waals surface area contributed by atoms with Crippen molar-refractivity contribution in [3.63, 3.8) is 0 Å². The van der Waals surface area contributed by atoms with Gasteiger partial charge in [0.1, 0.15) is 12.4 Å². The van der Waals surface area contributed by atoms with E-state index in [-0.39, 0.29) is 12.0 Å². The summed E-state index contributed by atoms with van der Waals surface area (Å²) in [5, 5.41) is 2.92. The van der Waals surface area contributed by atoms with Gasteiger partial charge < -0.3 is 19.5 Å². The second kappa shape index (κ2) is 11.5. The Hall–Kier alpha value is -2.37.